The molecule has 4 nitrogen and oxygen atoms in total. The van der Waals surface area contributed by atoms with E-state index in [1.807, 2.05) is 13.2 Å². The van der Waals surface area contributed by atoms with Crippen LogP contribution in [-0.2, 0) is 4.74 Å². The molecule has 1 rings (SSSR count). The van der Waals surface area contributed by atoms with Crippen molar-refractivity contribution in [3.05, 3.63) is 0 Å². The number of rotatable bonds is 1. The van der Waals surface area contributed by atoms with Gasteiger partial charge < -0.3 is 10.1 Å². The molecule has 0 radical (unpaired) electrons. The molecule has 0 spiro atoms. The van der Waals surface area contributed by atoms with E-state index in [1.165, 1.54) is 0 Å². The van der Waals surface area contributed by atoms with E-state index in [1.54, 1.807) is 0 Å². The first-order valence-corrected chi connectivity index (χ1v) is 3.27. The summed E-state index contributed by atoms with van der Waals surface area (Å²) in [7, 11) is 1.97. The van der Waals surface area contributed by atoms with E-state index in [9.17, 15) is 0 Å². The van der Waals surface area contributed by atoms with Gasteiger partial charge in [-0.25, -0.2) is 0 Å². The van der Waals surface area contributed by atoms with Gasteiger partial charge in [-0.2, -0.15) is 5.26 Å². The topological polar surface area (TPSA) is 48.3 Å². The second kappa shape index (κ2) is 3.40. The fourth-order valence-corrected chi connectivity index (χ4v) is 0.913. The third kappa shape index (κ3) is 1.59. The number of hydrogen-bond donors (Lipinski definition) is 1. The van der Waals surface area contributed by atoms with Crippen LogP contribution in [0, 0.1) is 11.5 Å². The third-order valence-corrected chi connectivity index (χ3v) is 1.63. The number of hydrogen-bond acceptors (Lipinski definition) is 4. The van der Waals surface area contributed by atoms with Crippen molar-refractivity contribution in [3.63, 3.8) is 0 Å². The van der Waals surface area contributed by atoms with Crippen LogP contribution in [0.25, 0.3) is 0 Å². The van der Waals surface area contributed by atoms with Gasteiger partial charge in [0, 0.05) is 6.54 Å². The van der Waals surface area contributed by atoms with E-state index in [0.717, 1.165) is 13.2 Å². The summed E-state index contributed by atoms with van der Waals surface area (Å²) in [4.78, 5) is 2.06. The molecule has 1 atom stereocenters. The second-order valence-electron chi connectivity index (χ2n) is 2.33. The van der Waals surface area contributed by atoms with E-state index < -0.39 is 0 Å². The van der Waals surface area contributed by atoms with Gasteiger partial charge in [0.2, 0.25) is 0 Å². The van der Waals surface area contributed by atoms with E-state index in [-0.39, 0.29) is 6.17 Å². The molecule has 1 fully saturated rings. The monoisotopic (exact) mass is 141 g/mol. The number of nitrogens with zero attached hydrogens (tertiary/aromatic N) is 2. The van der Waals surface area contributed by atoms with Crippen LogP contribution in [-0.4, -0.2) is 37.9 Å². The van der Waals surface area contributed by atoms with Crippen LogP contribution in [0.2, 0.25) is 0 Å². The van der Waals surface area contributed by atoms with Crippen molar-refractivity contribution in [2.24, 2.45) is 0 Å². The van der Waals surface area contributed by atoms with Crippen molar-refractivity contribution in [2.45, 2.75) is 6.17 Å². The Morgan fingerprint density at radius 2 is 2.60 bits per heavy atom. The predicted molar refractivity (Wildman–Crippen MR) is 36.0 cm³/mol. The van der Waals surface area contributed by atoms with Crippen LogP contribution in [0.4, 0.5) is 0 Å². The first kappa shape index (κ1) is 7.32. The highest BCUT2D eigenvalue weighted by molar-refractivity contribution is 4.77. The maximum atomic E-state index is 8.29. The SMILES string of the molecule is CN1CCOCC1NC#N. The highest BCUT2D eigenvalue weighted by Gasteiger charge is 2.17. The highest BCUT2D eigenvalue weighted by atomic mass is 16.5. The minimum Gasteiger partial charge on any atom is -0.377 e. The van der Waals surface area contributed by atoms with Crippen LogP contribution in [0.15, 0.2) is 0 Å². The summed E-state index contributed by atoms with van der Waals surface area (Å²) in [6.45, 7) is 2.25. The average Bonchev–Trinajstić information content (AvgIpc) is 1.94. The van der Waals surface area contributed by atoms with E-state index >= 15 is 0 Å². The van der Waals surface area contributed by atoms with Gasteiger partial charge in [0.25, 0.3) is 0 Å². The molecular formula is C6H11N3O. The molecule has 1 unspecified atom stereocenters. The Kier molecular flexibility index (Phi) is 2.49. The molecule has 1 saturated heterocycles. The fourth-order valence-electron chi connectivity index (χ4n) is 0.913. The van der Waals surface area contributed by atoms with Crippen molar-refractivity contribution in [3.8, 4) is 6.19 Å². The lowest BCUT2D eigenvalue weighted by molar-refractivity contribution is -0.000980. The standard InChI is InChI=1S/C6H11N3O/c1-9-2-3-10-4-6(9)8-5-7/h6,8H,2-4H2,1H3. The Morgan fingerprint density at radius 1 is 1.80 bits per heavy atom. The van der Waals surface area contributed by atoms with Crippen LogP contribution in [0.3, 0.4) is 0 Å². The molecule has 0 aromatic rings. The predicted octanol–water partition coefficient (Wildman–Crippen LogP) is -0.655. The molecule has 1 aliphatic rings. The largest absolute Gasteiger partial charge is 0.377 e. The van der Waals surface area contributed by atoms with E-state index in [2.05, 4.69) is 10.2 Å². The average molecular weight is 141 g/mol. The van der Waals surface area contributed by atoms with Crippen molar-refractivity contribution in [1.29, 1.82) is 5.26 Å². The lowest BCUT2D eigenvalue weighted by atomic mass is 10.4. The molecule has 0 bridgehead atoms. The van der Waals surface area contributed by atoms with Crippen molar-refractivity contribution >= 4 is 0 Å². The molecule has 1 aliphatic heterocycles. The van der Waals surface area contributed by atoms with Crippen LogP contribution in [0.5, 0.6) is 0 Å². The molecule has 4 heteroatoms. The van der Waals surface area contributed by atoms with Gasteiger partial charge in [-0.15, -0.1) is 0 Å². The summed E-state index contributed by atoms with van der Waals surface area (Å²) >= 11 is 0. The highest BCUT2D eigenvalue weighted by Crippen LogP contribution is 1.99. The molecule has 0 aromatic heterocycles. The van der Waals surface area contributed by atoms with E-state index in [0.29, 0.717) is 6.61 Å². The summed E-state index contributed by atoms with van der Waals surface area (Å²) in [5, 5.41) is 10.9. The van der Waals surface area contributed by atoms with Crippen LogP contribution in [0.1, 0.15) is 0 Å². The number of nitrogens with one attached hydrogen (secondary N) is 1. The van der Waals surface area contributed by atoms with Gasteiger partial charge in [-0.3, -0.25) is 4.90 Å². The van der Waals surface area contributed by atoms with Gasteiger partial charge in [-0.05, 0) is 7.05 Å². The zero-order valence-corrected chi connectivity index (χ0v) is 6.00. The Morgan fingerprint density at radius 3 is 3.20 bits per heavy atom. The molecule has 0 aromatic carbocycles. The normalized spacial score (nSPS) is 27.4. The maximum absolute atomic E-state index is 8.29. The lowest BCUT2D eigenvalue weighted by Crippen LogP contribution is -2.49. The molecule has 0 amide bonds. The Labute approximate surface area is 60.4 Å². The molecular weight excluding hydrogens is 130 g/mol. The number of likely N-dealkylation sites (N-methyl/N-ethyl adjacent to an activating group) is 1. The van der Waals surface area contributed by atoms with Gasteiger partial charge in [-0.1, -0.05) is 0 Å². The molecule has 10 heavy (non-hydrogen) atoms. The van der Waals surface area contributed by atoms with Gasteiger partial charge >= 0.3 is 0 Å². The Balaban J connectivity index is 2.34. The second-order valence-corrected chi connectivity index (χ2v) is 2.33. The summed E-state index contributed by atoms with van der Waals surface area (Å²) in [5.41, 5.74) is 0. The first-order chi connectivity index (χ1) is 4.84. The number of nitriles is 1. The zero-order valence-electron chi connectivity index (χ0n) is 6.00. The summed E-state index contributed by atoms with van der Waals surface area (Å²) < 4.78 is 5.15. The fraction of sp³-hybridized carbons (Fsp3) is 0.833. The molecule has 0 aliphatic carbocycles. The van der Waals surface area contributed by atoms with Crippen LogP contribution >= 0.6 is 0 Å². The summed E-state index contributed by atoms with van der Waals surface area (Å²) in [6, 6.07) is 0. The molecule has 1 heterocycles. The van der Waals surface area contributed by atoms with Crippen molar-refractivity contribution < 1.29 is 4.74 Å². The van der Waals surface area contributed by atoms with E-state index in [4.69, 9.17) is 10.00 Å². The smallest absolute Gasteiger partial charge is 0.177 e. The van der Waals surface area contributed by atoms with Gasteiger partial charge in [0.15, 0.2) is 6.19 Å². The first-order valence-electron chi connectivity index (χ1n) is 3.27. The third-order valence-electron chi connectivity index (χ3n) is 1.63. The lowest BCUT2D eigenvalue weighted by Gasteiger charge is -2.30. The number of ether oxygens (including phenoxy) is 1. The minimum absolute atomic E-state index is 0.0683. The van der Waals surface area contributed by atoms with Crippen molar-refractivity contribution in [1.82, 2.24) is 10.2 Å². The Bertz CT molecular complexity index is 142. The summed E-state index contributed by atoms with van der Waals surface area (Å²) in [5.74, 6) is 0. The van der Waals surface area contributed by atoms with Gasteiger partial charge in [0.05, 0.1) is 13.2 Å². The maximum Gasteiger partial charge on any atom is 0.177 e. The molecule has 1 N–H and O–H groups in total. The zero-order chi connectivity index (χ0) is 7.40. The molecule has 0 saturated carbocycles. The minimum atomic E-state index is 0.0683. The molecule has 56 valence electrons. The summed E-state index contributed by atoms with van der Waals surface area (Å²) in [6.07, 6.45) is 1.96. The Hall–Kier alpha value is -0.790. The van der Waals surface area contributed by atoms with Gasteiger partial charge in [0.1, 0.15) is 6.17 Å². The van der Waals surface area contributed by atoms with Crippen molar-refractivity contribution in [2.75, 3.05) is 26.8 Å². The van der Waals surface area contributed by atoms with Crippen LogP contribution < -0.4 is 5.32 Å². The number of morpholine rings is 1. The quantitative estimate of drug-likeness (QED) is 0.389.